The summed E-state index contributed by atoms with van der Waals surface area (Å²) in [6, 6.07) is 0. The number of imidazole rings is 1. The molecule has 1 aliphatic rings. The van der Waals surface area contributed by atoms with Gasteiger partial charge in [-0.25, -0.2) is 10.5 Å². The largest absolute Gasteiger partial charge is 0.348 e. The van der Waals surface area contributed by atoms with Gasteiger partial charge >= 0.3 is 0 Å². The van der Waals surface area contributed by atoms with Gasteiger partial charge in [-0.1, -0.05) is 0 Å². The molecule has 1 aliphatic heterocycles. The number of aromatic nitrogens is 2. The number of rotatable bonds is 1. The zero-order valence-corrected chi connectivity index (χ0v) is 5.50. The predicted octanol–water partition coefficient (Wildman–Crippen LogP) is 0.0281. The third-order valence-electron chi connectivity index (χ3n) is 1.68. The lowest BCUT2D eigenvalue weighted by Crippen LogP contribution is -2.07. The number of nitrogens with one attached hydrogen (secondary N) is 2. The van der Waals surface area contributed by atoms with Crippen molar-refractivity contribution in [3.05, 3.63) is 18.2 Å². The molecule has 0 saturated carbocycles. The van der Waals surface area contributed by atoms with Gasteiger partial charge in [-0.2, -0.15) is 0 Å². The Labute approximate surface area is 58.6 Å². The van der Waals surface area contributed by atoms with E-state index in [4.69, 9.17) is 4.84 Å². The minimum Gasteiger partial charge on any atom is -0.348 e. The fourth-order valence-corrected chi connectivity index (χ4v) is 1.07. The van der Waals surface area contributed by atoms with Gasteiger partial charge in [0, 0.05) is 24.4 Å². The van der Waals surface area contributed by atoms with Crippen molar-refractivity contribution in [1.29, 1.82) is 0 Å². The van der Waals surface area contributed by atoms with Crippen molar-refractivity contribution in [1.82, 2.24) is 15.4 Å². The van der Waals surface area contributed by atoms with Crippen molar-refractivity contribution < 1.29 is 4.84 Å². The van der Waals surface area contributed by atoms with Crippen molar-refractivity contribution in [2.24, 2.45) is 0 Å². The van der Waals surface area contributed by atoms with Crippen LogP contribution in [-0.2, 0) is 4.84 Å². The maximum atomic E-state index is 4.98. The van der Waals surface area contributed by atoms with Crippen LogP contribution >= 0.6 is 0 Å². The van der Waals surface area contributed by atoms with E-state index in [-0.39, 0.29) is 0 Å². The molecule has 0 spiro atoms. The van der Waals surface area contributed by atoms with Crippen LogP contribution in [0.4, 0.5) is 0 Å². The Bertz CT molecular complexity index is 191. The van der Waals surface area contributed by atoms with Crippen LogP contribution in [-0.4, -0.2) is 23.1 Å². The van der Waals surface area contributed by atoms with Gasteiger partial charge in [-0.05, 0) is 0 Å². The average molecular weight is 139 g/mol. The van der Waals surface area contributed by atoms with Crippen LogP contribution in [0.3, 0.4) is 0 Å². The van der Waals surface area contributed by atoms with Crippen LogP contribution in [0.2, 0.25) is 0 Å². The van der Waals surface area contributed by atoms with E-state index in [1.54, 1.807) is 6.33 Å². The van der Waals surface area contributed by atoms with E-state index in [1.165, 1.54) is 0 Å². The van der Waals surface area contributed by atoms with Crippen molar-refractivity contribution in [3.63, 3.8) is 0 Å². The van der Waals surface area contributed by atoms with Gasteiger partial charge < -0.3 is 9.82 Å². The summed E-state index contributed by atoms with van der Waals surface area (Å²) in [5.74, 6) is 0.447. The third-order valence-corrected chi connectivity index (χ3v) is 1.68. The standard InChI is InChI=1S/C6H9N3O/c1-5(3-10-9-1)6-2-7-4-8-6/h2,4-5,9H,1,3H2,(H,7,8)/t5-/m1/s1. The van der Waals surface area contributed by atoms with Crippen LogP contribution in [0.15, 0.2) is 12.5 Å². The van der Waals surface area contributed by atoms with Gasteiger partial charge in [0.15, 0.2) is 0 Å². The highest BCUT2D eigenvalue weighted by Gasteiger charge is 2.18. The SMILES string of the molecule is c1ncc([C@@H]2CNOC2)[nH]1. The molecule has 1 fully saturated rings. The van der Waals surface area contributed by atoms with Crippen LogP contribution < -0.4 is 5.48 Å². The topological polar surface area (TPSA) is 49.9 Å². The molecule has 2 heterocycles. The normalized spacial score (nSPS) is 25.4. The molecule has 0 amide bonds. The summed E-state index contributed by atoms with van der Waals surface area (Å²) in [6.45, 7) is 1.62. The van der Waals surface area contributed by atoms with Gasteiger partial charge in [0.1, 0.15) is 0 Å². The second-order valence-electron chi connectivity index (χ2n) is 2.36. The molecule has 2 rings (SSSR count). The molecule has 0 radical (unpaired) electrons. The zero-order chi connectivity index (χ0) is 6.81. The molecule has 0 aromatic carbocycles. The zero-order valence-electron chi connectivity index (χ0n) is 5.50. The number of hydroxylamine groups is 1. The molecular weight excluding hydrogens is 130 g/mol. The monoisotopic (exact) mass is 139 g/mol. The highest BCUT2D eigenvalue weighted by molar-refractivity contribution is 5.04. The average Bonchev–Trinajstić information content (AvgIpc) is 2.59. The minimum atomic E-state index is 0.447. The summed E-state index contributed by atoms with van der Waals surface area (Å²) in [4.78, 5) is 12.0. The van der Waals surface area contributed by atoms with E-state index in [0.717, 1.165) is 18.8 Å². The smallest absolute Gasteiger partial charge is 0.0921 e. The molecule has 1 atom stereocenters. The van der Waals surface area contributed by atoms with Crippen molar-refractivity contribution >= 4 is 0 Å². The quantitative estimate of drug-likeness (QED) is 0.577. The molecule has 0 unspecified atom stereocenters. The lowest BCUT2D eigenvalue weighted by molar-refractivity contribution is 0.100. The lowest BCUT2D eigenvalue weighted by atomic mass is 10.1. The summed E-state index contributed by atoms with van der Waals surface area (Å²) >= 11 is 0. The summed E-state index contributed by atoms with van der Waals surface area (Å²) in [5.41, 5.74) is 3.96. The highest BCUT2D eigenvalue weighted by Crippen LogP contribution is 2.14. The molecule has 2 N–H and O–H groups in total. The minimum absolute atomic E-state index is 0.447. The third kappa shape index (κ3) is 0.913. The Balaban J connectivity index is 2.12. The Hall–Kier alpha value is -0.870. The van der Waals surface area contributed by atoms with Crippen LogP contribution in [0, 0.1) is 0 Å². The molecule has 1 aromatic rings. The number of aromatic amines is 1. The van der Waals surface area contributed by atoms with E-state index >= 15 is 0 Å². The van der Waals surface area contributed by atoms with E-state index in [2.05, 4.69) is 15.4 Å². The number of hydrogen-bond acceptors (Lipinski definition) is 3. The van der Waals surface area contributed by atoms with Crippen LogP contribution in [0.25, 0.3) is 0 Å². The van der Waals surface area contributed by atoms with E-state index in [1.807, 2.05) is 6.20 Å². The summed E-state index contributed by atoms with van der Waals surface area (Å²) in [7, 11) is 0. The molecule has 1 aromatic heterocycles. The number of nitrogens with zero attached hydrogens (tertiary/aromatic N) is 1. The maximum Gasteiger partial charge on any atom is 0.0921 e. The maximum absolute atomic E-state index is 4.98. The van der Waals surface area contributed by atoms with E-state index < -0.39 is 0 Å². The molecule has 1 saturated heterocycles. The lowest BCUT2D eigenvalue weighted by Gasteiger charge is -1.99. The van der Waals surface area contributed by atoms with Crippen molar-refractivity contribution in [2.75, 3.05) is 13.2 Å². The summed E-state index contributed by atoms with van der Waals surface area (Å²) in [6.07, 6.45) is 3.52. The highest BCUT2D eigenvalue weighted by atomic mass is 16.7. The fraction of sp³-hybridized carbons (Fsp3) is 0.500. The van der Waals surface area contributed by atoms with Gasteiger partial charge in [0.05, 0.1) is 12.9 Å². The van der Waals surface area contributed by atoms with Crippen LogP contribution in [0.5, 0.6) is 0 Å². The molecule has 4 heteroatoms. The fourth-order valence-electron chi connectivity index (χ4n) is 1.07. The first-order valence-electron chi connectivity index (χ1n) is 3.30. The molecule has 54 valence electrons. The van der Waals surface area contributed by atoms with Gasteiger partial charge in [-0.3, -0.25) is 0 Å². The van der Waals surface area contributed by atoms with E-state index in [9.17, 15) is 0 Å². The molecule has 0 aliphatic carbocycles. The molecule has 10 heavy (non-hydrogen) atoms. The summed E-state index contributed by atoms with van der Waals surface area (Å²) < 4.78 is 0. The summed E-state index contributed by atoms with van der Waals surface area (Å²) in [5, 5.41) is 0. The second-order valence-corrected chi connectivity index (χ2v) is 2.36. The first-order chi connectivity index (χ1) is 4.97. The Morgan fingerprint density at radius 3 is 3.30 bits per heavy atom. The molecular formula is C6H9N3O. The Morgan fingerprint density at radius 2 is 2.70 bits per heavy atom. The van der Waals surface area contributed by atoms with Crippen molar-refractivity contribution in [3.8, 4) is 0 Å². The van der Waals surface area contributed by atoms with Gasteiger partial charge in [-0.15, -0.1) is 0 Å². The molecule has 0 bridgehead atoms. The Morgan fingerprint density at radius 1 is 1.70 bits per heavy atom. The Kier molecular flexibility index (Phi) is 1.41. The first kappa shape index (κ1) is 5.88. The van der Waals surface area contributed by atoms with Crippen LogP contribution in [0.1, 0.15) is 11.6 Å². The predicted molar refractivity (Wildman–Crippen MR) is 35.3 cm³/mol. The van der Waals surface area contributed by atoms with Gasteiger partial charge in [0.25, 0.3) is 0 Å². The number of hydrogen-bond donors (Lipinski definition) is 2. The van der Waals surface area contributed by atoms with Crippen molar-refractivity contribution in [2.45, 2.75) is 5.92 Å². The van der Waals surface area contributed by atoms with Gasteiger partial charge in [0.2, 0.25) is 0 Å². The first-order valence-corrected chi connectivity index (χ1v) is 3.30. The second kappa shape index (κ2) is 2.40. The molecule has 4 nitrogen and oxygen atoms in total. The van der Waals surface area contributed by atoms with E-state index in [0.29, 0.717) is 5.92 Å². The number of H-pyrrole nitrogens is 1.